The molecule has 0 saturated carbocycles. The van der Waals surface area contributed by atoms with Gasteiger partial charge in [0.1, 0.15) is 5.82 Å². The maximum absolute atomic E-state index is 13.2. The topological polar surface area (TPSA) is 24.9 Å². The molecule has 1 aromatic rings. The van der Waals surface area contributed by atoms with E-state index in [1.807, 2.05) is 6.92 Å². The maximum Gasteiger partial charge on any atom is 0.146 e. The Kier molecular flexibility index (Phi) is 3.58. The molecule has 1 N–H and O–H groups in total. The number of nitrogens with zero attached hydrogens (tertiary/aromatic N) is 1. The third-order valence-corrected chi connectivity index (χ3v) is 1.74. The van der Waals surface area contributed by atoms with Gasteiger partial charge in [-0.05, 0) is 18.7 Å². The van der Waals surface area contributed by atoms with E-state index in [1.54, 1.807) is 18.3 Å². The number of pyridine rings is 1. The van der Waals surface area contributed by atoms with E-state index in [4.69, 9.17) is 0 Å². The van der Waals surface area contributed by atoms with Gasteiger partial charge in [0.25, 0.3) is 0 Å². The third-order valence-electron chi connectivity index (χ3n) is 1.74. The first-order chi connectivity index (χ1) is 6.29. The number of rotatable bonds is 4. The van der Waals surface area contributed by atoms with Crippen LogP contribution < -0.4 is 5.32 Å². The molecule has 0 aromatic carbocycles. The van der Waals surface area contributed by atoms with E-state index in [9.17, 15) is 4.39 Å². The Hall–Kier alpha value is -1.22. The Morgan fingerprint density at radius 3 is 3.08 bits per heavy atom. The van der Waals surface area contributed by atoms with Crippen molar-refractivity contribution in [1.29, 1.82) is 0 Å². The quantitative estimate of drug-likeness (QED) is 0.717. The first kappa shape index (κ1) is 9.86. The fourth-order valence-electron chi connectivity index (χ4n) is 1.14. The van der Waals surface area contributed by atoms with Gasteiger partial charge in [-0.1, -0.05) is 13.0 Å². The molecule has 1 heterocycles. The van der Waals surface area contributed by atoms with Gasteiger partial charge in [-0.3, -0.25) is 4.98 Å². The van der Waals surface area contributed by atoms with Crippen molar-refractivity contribution in [3.63, 3.8) is 0 Å². The predicted octanol–water partition coefficient (Wildman–Crippen LogP) is 2.06. The first-order valence-electron chi connectivity index (χ1n) is 4.26. The molecule has 0 aliphatic carbocycles. The van der Waals surface area contributed by atoms with Crippen LogP contribution in [-0.4, -0.2) is 11.5 Å². The van der Waals surface area contributed by atoms with Gasteiger partial charge in [0.2, 0.25) is 0 Å². The lowest BCUT2D eigenvalue weighted by molar-refractivity contribution is 0.551. The molecule has 0 bridgehead atoms. The maximum atomic E-state index is 13.2. The SMILES string of the molecule is C=CC(NCC)c1ncccc1F. The highest BCUT2D eigenvalue weighted by Gasteiger charge is 2.11. The van der Waals surface area contributed by atoms with E-state index < -0.39 is 0 Å². The summed E-state index contributed by atoms with van der Waals surface area (Å²) in [6.07, 6.45) is 3.22. The lowest BCUT2D eigenvalue weighted by atomic mass is 10.2. The number of likely N-dealkylation sites (N-methyl/N-ethyl adjacent to an activating group) is 1. The minimum Gasteiger partial charge on any atom is -0.306 e. The molecule has 0 saturated heterocycles. The Bertz CT molecular complexity index is 286. The van der Waals surface area contributed by atoms with E-state index in [0.29, 0.717) is 5.69 Å². The van der Waals surface area contributed by atoms with E-state index in [-0.39, 0.29) is 11.9 Å². The van der Waals surface area contributed by atoms with E-state index in [1.165, 1.54) is 6.07 Å². The van der Waals surface area contributed by atoms with Gasteiger partial charge in [0.15, 0.2) is 0 Å². The Morgan fingerprint density at radius 1 is 1.77 bits per heavy atom. The molecular weight excluding hydrogens is 167 g/mol. The van der Waals surface area contributed by atoms with Crippen molar-refractivity contribution >= 4 is 0 Å². The van der Waals surface area contributed by atoms with Gasteiger partial charge in [-0.15, -0.1) is 6.58 Å². The summed E-state index contributed by atoms with van der Waals surface area (Å²) in [5, 5.41) is 3.07. The summed E-state index contributed by atoms with van der Waals surface area (Å²) in [4.78, 5) is 3.96. The molecule has 0 aliphatic rings. The molecule has 2 nitrogen and oxygen atoms in total. The smallest absolute Gasteiger partial charge is 0.146 e. The number of nitrogens with one attached hydrogen (secondary N) is 1. The Morgan fingerprint density at radius 2 is 2.54 bits per heavy atom. The molecule has 0 amide bonds. The normalized spacial score (nSPS) is 12.5. The molecule has 0 fully saturated rings. The van der Waals surface area contributed by atoms with Gasteiger partial charge in [0.05, 0.1) is 11.7 Å². The molecule has 0 aliphatic heterocycles. The molecule has 3 heteroatoms. The summed E-state index contributed by atoms with van der Waals surface area (Å²) in [5.41, 5.74) is 0.402. The summed E-state index contributed by atoms with van der Waals surface area (Å²) in [6.45, 7) is 6.34. The zero-order valence-electron chi connectivity index (χ0n) is 7.63. The average molecular weight is 180 g/mol. The van der Waals surface area contributed by atoms with Crippen LogP contribution in [0.2, 0.25) is 0 Å². The molecular formula is C10H13FN2. The highest BCUT2D eigenvalue weighted by molar-refractivity contribution is 5.15. The van der Waals surface area contributed by atoms with Crippen LogP contribution in [0.3, 0.4) is 0 Å². The lowest BCUT2D eigenvalue weighted by Crippen LogP contribution is -2.20. The molecule has 13 heavy (non-hydrogen) atoms. The van der Waals surface area contributed by atoms with Crippen molar-refractivity contribution in [2.45, 2.75) is 13.0 Å². The van der Waals surface area contributed by atoms with Gasteiger partial charge in [-0.25, -0.2) is 4.39 Å². The fraction of sp³-hybridized carbons (Fsp3) is 0.300. The van der Waals surface area contributed by atoms with Crippen LogP contribution in [0, 0.1) is 5.82 Å². The third kappa shape index (κ3) is 2.36. The molecule has 1 unspecified atom stereocenters. The van der Waals surface area contributed by atoms with Crippen LogP contribution in [0.25, 0.3) is 0 Å². The molecule has 1 atom stereocenters. The highest BCUT2D eigenvalue weighted by Crippen LogP contribution is 2.13. The van der Waals surface area contributed by atoms with E-state index in [2.05, 4.69) is 16.9 Å². The summed E-state index contributed by atoms with van der Waals surface area (Å²) < 4.78 is 13.2. The minimum absolute atomic E-state index is 0.203. The first-order valence-corrected chi connectivity index (χ1v) is 4.26. The number of halogens is 1. The van der Waals surface area contributed by atoms with Gasteiger partial charge < -0.3 is 5.32 Å². The van der Waals surface area contributed by atoms with Crippen molar-refractivity contribution in [2.75, 3.05) is 6.54 Å². The van der Waals surface area contributed by atoms with Gasteiger partial charge in [-0.2, -0.15) is 0 Å². The van der Waals surface area contributed by atoms with Gasteiger partial charge >= 0.3 is 0 Å². The molecule has 1 aromatic heterocycles. The van der Waals surface area contributed by atoms with Gasteiger partial charge in [0, 0.05) is 6.20 Å². The second kappa shape index (κ2) is 4.72. The van der Waals surface area contributed by atoms with Crippen molar-refractivity contribution in [3.8, 4) is 0 Å². The summed E-state index contributed by atoms with van der Waals surface area (Å²) in [7, 11) is 0. The van der Waals surface area contributed by atoms with Crippen molar-refractivity contribution in [1.82, 2.24) is 10.3 Å². The summed E-state index contributed by atoms with van der Waals surface area (Å²) >= 11 is 0. The zero-order valence-corrected chi connectivity index (χ0v) is 7.63. The second-order valence-corrected chi connectivity index (χ2v) is 2.64. The average Bonchev–Trinajstić information content (AvgIpc) is 2.16. The van der Waals surface area contributed by atoms with Crippen molar-refractivity contribution in [2.24, 2.45) is 0 Å². The van der Waals surface area contributed by atoms with Crippen LogP contribution in [0.4, 0.5) is 4.39 Å². The largest absolute Gasteiger partial charge is 0.306 e. The Labute approximate surface area is 77.5 Å². The molecule has 70 valence electrons. The molecule has 1 rings (SSSR count). The monoisotopic (exact) mass is 180 g/mol. The number of aromatic nitrogens is 1. The predicted molar refractivity (Wildman–Crippen MR) is 50.8 cm³/mol. The van der Waals surface area contributed by atoms with E-state index in [0.717, 1.165) is 6.54 Å². The van der Waals surface area contributed by atoms with Crippen molar-refractivity contribution in [3.05, 3.63) is 42.5 Å². The van der Waals surface area contributed by atoms with Crippen LogP contribution in [0.15, 0.2) is 31.0 Å². The van der Waals surface area contributed by atoms with Crippen molar-refractivity contribution < 1.29 is 4.39 Å². The lowest BCUT2D eigenvalue weighted by Gasteiger charge is -2.12. The standard InChI is InChI=1S/C10H13FN2/c1-3-9(12-4-2)10-8(11)6-5-7-13-10/h3,5-7,9,12H,1,4H2,2H3. The second-order valence-electron chi connectivity index (χ2n) is 2.64. The Balaban J connectivity index is 2.90. The van der Waals surface area contributed by atoms with Crippen LogP contribution in [0.5, 0.6) is 0 Å². The minimum atomic E-state index is -0.298. The molecule has 0 spiro atoms. The number of hydrogen-bond acceptors (Lipinski definition) is 2. The molecule has 0 radical (unpaired) electrons. The summed E-state index contributed by atoms with van der Waals surface area (Å²) in [5.74, 6) is -0.298. The van der Waals surface area contributed by atoms with Crippen LogP contribution in [-0.2, 0) is 0 Å². The number of hydrogen-bond donors (Lipinski definition) is 1. The van der Waals surface area contributed by atoms with Crippen LogP contribution in [0.1, 0.15) is 18.7 Å². The fourth-order valence-corrected chi connectivity index (χ4v) is 1.14. The van der Waals surface area contributed by atoms with Crippen LogP contribution >= 0.6 is 0 Å². The summed E-state index contributed by atoms with van der Waals surface area (Å²) in [6, 6.07) is 2.77. The van der Waals surface area contributed by atoms with E-state index >= 15 is 0 Å². The highest BCUT2D eigenvalue weighted by atomic mass is 19.1. The zero-order chi connectivity index (χ0) is 9.68.